The van der Waals surface area contributed by atoms with E-state index in [2.05, 4.69) is 146 Å². The molecule has 0 N–H and O–H groups in total. The lowest BCUT2D eigenvalue weighted by atomic mass is 9.99. The zero-order valence-electron chi connectivity index (χ0n) is 28.6. The van der Waals surface area contributed by atoms with Crippen molar-refractivity contribution in [3.8, 4) is 0 Å². The van der Waals surface area contributed by atoms with E-state index >= 15 is 0 Å². The summed E-state index contributed by atoms with van der Waals surface area (Å²) in [6.07, 6.45) is 29.2. The molecule has 3 aromatic heterocycles. The van der Waals surface area contributed by atoms with Gasteiger partial charge in [-0.15, -0.1) is 0 Å². The van der Waals surface area contributed by atoms with Crippen LogP contribution in [0.15, 0.2) is 195 Å². The summed E-state index contributed by atoms with van der Waals surface area (Å²) >= 11 is 0. The number of hydrogen-bond donors (Lipinski definition) is 0. The van der Waals surface area contributed by atoms with E-state index in [9.17, 15) is 0 Å². The lowest BCUT2D eigenvalue weighted by Gasteiger charge is -2.12. The number of benzene rings is 1. The van der Waals surface area contributed by atoms with Crippen molar-refractivity contribution in [2.45, 2.75) is 0 Å². The van der Waals surface area contributed by atoms with Crippen molar-refractivity contribution in [2.75, 3.05) is 0 Å². The van der Waals surface area contributed by atoms with E-state index in [-0.39, 0.29) is 0 Å². The van der Waals surface area contributed by atoms with Crippen LogP contribution in [-0.2, 0) is 21.1 Å². The summed E-state index contributed by atoms with van der Waals surface area (Å²) in [5.41, 5.74) is 14.8. The molecule has 7 heteroatoms. The summed E-state index contributed by atoms with van der Waals surface area (Å²) < 4.78 is 6.11. The van der Waals surface area contributed by atoms with E-state index in [1.54, 1.807) is 0 Å². The summed E-state index contributed by atoms with van der Waals surface area (Å²) in [5.74, 6) is 0. The van der Waals surface area contributed by atoms with Gasteiger partial charge in [0.05, 0.1) is 45.6 Å². The van der Waals surface area contributed by atoms with E-state index in [4.69, 9.17) is 20.0 Å². The first kappa shape index (κ1) is 30.3. The van der Waals surface area contributed by atoms with Gasteiger partial charge < -0.3 is 0 Å². The lowest BCUT2D eigenvalue weighted by Crippen LogP contribution is -2.26. The van der Waals surface area contributed by atoms with Crippen LogP contribution in [0.1, 0.15) is 22.3 Å². The molecule has 0 saturated heterocycles. The number of pyridine rings is 3. The molecule has 5 aliphatic heterocycles. The third-order valence-electron chi connectivity index (χ3n) is 9.47. The zero-order chi connectivity index (χ0) is 34.5. The molecule has 8 bridgehead atoms. The largest absolute Gasteiger partial charge is 0.248 e. The normalized spacial score (nSPS) is 17.5. The van der Waals surface area contributed by atoms with E-state index in [0.29, 0.717) is 0 Å². The number of allylic oxidation sites excluding steroid dienone is 12. The number of hydrogen-bond acceptors (Lipinski definition) is 4. The maximum absolute atomic E-state index is 5.35. The molecule has 9 rings (SSSR count). The van der Waals surface area contributed by atoms with Crippen LogP contribution >= 0.6 is 0 Å². The highest BCUT2D eigenvalue weighted by molar-refractivity contribution is 6.39. The fourth-order valence-corrected chi connectivity index (χ4v) is 6.88. The van der Waals surface area contributed by atoms with Crippen LogP contribution < -0.4 is 13.7 Å². The molecule has 51 heavy (non-hydrogen) atoms. The molecule has 1 aromatic carbocycles. The second-order valence-electron chi connectivity index (χ2n) is 13.0. The van der Waals surface area contributed by atoms with Gasteiger partial charge >= 0.3 is 0 Å². The van der Waals surface area contributed by atoms with Crippen molar-refractivity contribution in [2.24, 2.45) is 41.1 Å². The second-order valence-corrected chi connectivity index (χ2v) is 13.0. The van der Waals surface area contributed by atoms with Crippen LogP contribution in [0.4, 0.5) is 0 Å². The van der Waals surface area contributed by atoms with Gasteiger partial charge in [-0.2, -0.15) is 0 Å². The Labute approximate surface area is 296 Å². The number of rotatable bonds is 4. The monoisotopic (exact) mass is 660 g/mol. The molecular weight excluding hydrogens is 627 g/mol. The van der Waals surface area contributed by atoms with E-state index in [1.165, 1.54) is 0 Å². The van der Waals surface area contributed by atoms with Gasteiger partial charge in [0, 0.05) is 58.7 Å². The van der Waals surface area contributed by atoms with Gasteiger partial charge in [-0.05, 0) is 70.9 Å². The predicted molar refractivity (Wildman–Crippen MR) is 203 cm³/mol. The molecule has 5 aliphatic rings. The Morgan fingerprint density at radius 1 is 0.314 bits per heavy atom. The van der Waals surface area contributed by atoms with Gasteiger partial charge in [0.1, 0.15) is 21.1 Å². The van der Waals surface area contributed by atoms with Gasteiger partial charge in [-0.1, -0.05) is 30.3 Å². The van der Waals surface area contributed by atoms with E-state index in [0.717, 1.165) is 90.2 Å². The summed E-state index contributed by atoms with van der Waals surface area (Å²) in [6.45, 7) is 0. The topological polar surface area (TPSA) is 61.1 Å². The van der Waals surface area contributed by atoms with Gasteiger partial charge in [-0.3, -0.25) is 0 Å². The first-order valence-electron chi connectivity index (χ1n) is 17.0. The molecule has 0 aliphatic carbocycles. The number of aryl methyl sites for hydroxylation is 3. The number of aliphatic imine (C=N–C) groups is 4. The van der Waals surface area contributed by atoms with Crippen molar-refractivity contribution in [3.05, 3.63) is 198 Å². The number of fused-ring (bicyclic) bond motifs is 4. The van der Waals surface area contributed by atoms with E-state index in [1.807, 2.05) is 40.9 Å². The molecule has 0 fully saturated rings. The average molecular weight is 661 g/mol. The Hall–Kier alpha value is -6.73. The molecule has 7 nitrogen and oxygen atoms in total. The van der Waals surface area contributed by atoms with Gasteiger partial charge in [0.25, 0.3) is 0 Å². The Morgan fingerprint density at radius 3 is 0.843 bits per heavy atom. The second kappa shape index (κ2) is 12.3. The quantitative estimate of drug-likeness (QED) is 0.236. The van der Waals surface area contributed by atoms with Crippen LogP contribution in [0, 0.1) is 0 Å². The van der Waals surface area contributed by atoms with Crippen LogP contribution in [0.25, 0.3) is 22.3 Å². The molecule has 0 spiro atoms. The maximum atomic E-state index is 5.35. The van der Waals surface area contributed by atoms with Gasteiger partial charge in [0.2, 0.25) is 0 Å². The maximum Gasteiger partial charge on any atom is 0.169 e. The van der Waals surface area contributed by atoms with Crippen molar-refractivity contribution >= 4 is 45.1 Å². The molecule has 4 aromatic rings. The lowest BCUT2D eigenvalue weighted by molar-refractivity contribution is -0.671. The van der Waals surface area contributed by atoms with Crippen molar-refractivity contribution in [3.63, 3.8) is 0 Å². The molecule has 0 atom stereocenters. The molecule has 0 amide bonds. The number of aromatic nitrogens is 3. The summed E-state index contributed by atoms with van der Waals surface area (Å²) in [6, 6.07) is 23.1. The van der Waals surface area contributed by atoms with Crippen molar-refractivity contribution in [1.82, 2.24) is 0 Å². The average Bonchev–Trinajstić information content (AvgIpc) is 3.99. The molecule has 8 heterocycles. The highest BCUT2D eigenvalue weighted by atomic mass is 14.9. The van der Waals surface area contributed by atoms with Gasteiger partial charge in [0.15, 0.2) is 37.2 Å². The minimum absolute atomic E-state index is 0.847. The molecule has 0 saturated carbocycles. The van der Waals surface area contributed by atoms with Crippen LogP contribution in [0.3, 0.4) is 0 Å². The minimum atomic E-state index is 0.847. The third-order valence-corrected chi connectivity index (χ3v) is 9.47. The summed E-state index contributed by atoms with van der Waals surface area (Å²) in [7, 11) is 6.07. The Balaban J connectivity index is 1.37. The fourth-order valence-electron chi connectivity index (χ4n) is 6.88. The van der Waals surface area contributed by atoms with Crippen LogP contribution in [0.5, 0.6) is 0 Å². The predicted octanol–water partition coefficient (Wildman–Crippen LogP) is 6.16. The highest BCUT2D eigenvalue weighted by Crippen LogP contribution is 2.38. The van der Waals surface area contributed by atoms with E-state index < -0.39 is 0 Å². The first-order valence-corrected chi connectivity index (χ1v) is 17.0. The van der Waals surface area contributed by atoms with Crippen LogP contribution in [-0.4, -0.2) is 22.8 Å². The molecular formula is C44H34N7+3. The van der Waals surface area contributed by atoms with Gasteiger partial charge in [-0.25, -0.2) is 33.7 Å². The Kier molecular flexibility index (Phi) is 7.32. The standard InChI is InChI=1S/C44H34N7/c1-49-23-17-30(18-24-49)42-35-11-9-33(45-35)41(29-7-5-4-6-8-29)34-10-12-36(46-34)43(31-19-25-50(2)26-20-31)38-14-16-40(48-38)44(39-15-13-37(42)47-39)32-21-27-51(3)28-22-32/h4-28H,1-3H3/q+3. The zero-order valence-corrected chi connectivity index (χ0v) is 28.6. The Morgan fingerprint density at radius 2 is 0.569 bits per heavy atom. The number of nitrogens with zero attached hydrogens (tertiary/aromatic N) is 7. The summed E-state index contributed by atoms with van der Waals surface area (Å²) in [5, 5.41) is 0. The fraction of sp³-hybridized carbons (Fsp3) is 0.0682. The minimum Gasteiger partial charge on any atom is -0.248 e. The Bertz CT molecular complexity index is 2480. The van der Waals surface area contributed by atoms with Crippen LogP contribution in [0.2, 0.25) is 0 Å². The summed E-state index contributed by atoms with van der Waals surface area (Å²) in [4.78, 5) is 21.4. The molecule has 0 radical (unpaired) electrons. The molecule has 0 unspecified atom stereocenters. The molecule has 242 valence electrons. The smallest absolute Gasteiger partial charge is 0.169 e. The SMILES string of the molecule is C[n+]1ccc(C2=C3C=CC(=N3)C(c3cc[n+](C)cc3)=C3C=CC(=N3)C(c3cc[n+](C)cc3)=C3C=CC(=N3)C(c3ccccc3)=C3C=CC2=N3)cc1. The van der Waals surface area contributed by atoms with Crippen molar-refractivity contribution in [1.29, 1.82) is 0 Å². The van der Waals surface area contributed by atoms with Crippen molar-refractivity contribution < 1.29 is 13.7 Å². The highest BCUT2D eigenvalue weighted by Gasteiger charge is 2.28. The first-order chi connectivity index (χ1) is 25.0. The third kappa shape index (κ3) is 5.55.